The lowest BCUT2D eigenvalue weighted by Crippen LogP contribution is -2.45. The van der Waals surface area contributed by atoms with Gasteiger partial charge in [0.1, 0.15) is 5.78 Å². The molecule has 108 valence electrons. The Balaban J connectivity index is 1.82. The van der Waals surface area contributed by atoms with Gasteiger partial charge in [0.25, 0.3) is 0 Å². The number of hydrogen-bond acceptors (Lipinski definition) is 2. The summed E-state index contributed by atoms with van der Waals surface area (Å²) in [6.07, 6.45) is 0.647. The minimum absolute atomic E-state index is 0.000392. The first-order valence-corrected chi connectivity index (χ1v) is 8.13. The Morgan fingerprint density at radius 2 is 1.90 bits per heavy atom. The first kappa shape index (κ1) is 14.3. The van der Waals surface area contributed by atoms with Gasteiger partial charge in [-0.05, 0) is 23.8 Å². The molecule has 0 heterocycles. The maximum Gasteiger partial charge on any atom is 0.142 e. The molecule has 0 amide bonds. The van der Waals surface area contributed by atoms with Gasteiger partial charge in [0.05, 0.1) is 18.1 Å². The van der Waals surface area contributed by atoms with E-state index >= 15 is 0 Å². The van der Waals surface area contributed by atoms with Crippen LogP contribution in [0.15, 0.2) is 30.3 Å². The lowest BCUT2D eigenvalue weighted by atomic mass is 9.69. The van der Waals surface area contributed by atoms with Crippen LogP contribution in [-0.2, 0) is 16.1 Å². The third-order valence-electron chi connectivity index (χ3n) is 5.77. The molecule has 1 aromatic carbocycles. The molecule has 0 N–H and O–H groups in total. The largest absolute Gasteiger partial charge is 0.371 e. The van der Waals surface area contributed by atoms with Gasteiger partial charge >= 0.3 is 0 Å². The number of ether oxygens (including phenoxy) is 1. The number of hydrogen-bond donors (Lipinski definition) is 0. The monoisotopic (exact) mass is 336 g/mol. The fourth-order valence-electron chi connectivity index (χ4n) is 4.00. The van der Waals surface area contributed by atoms with Gasteiger partial charge in [-0.15, -0.1) is 0 Å². The second-order valence-electron chi connectivity index (χ2n) is 6.82. The zero-order chi connectivity index (χ0) is 14.5. The molecular weight excluding hydrogens is 316 g/mol. The molecule has 2 fully saturated rings. The van der Waals surface area contributed by atoms with Crippen LogP contribution >= 0.6 is 15.9 Å². The number of fused-ring (bicyclic) bond motifs is 2. The second-order valence-corrected chi connectivity index (χ2v) is 7.88. The Morgan fingerprint density at radius 3 is 2.50 bits per heavy atom. The highest BCUT2D eigenvalue weighted by Crippen LogP contribution is 2.66. The molecule has 0 spiro atoms. The topological polar surface area (TPSA) is 26.3 Å². The lowest BCUT2D eigenvalue weighted by molar-refractivity contribution is -0.139. The van der Waals surface area contributed by atoms with Crippen molar-refractivity contribution < 1.29 is 9.53 Å². The van der Waals surface area contributed by atoms with Crippen molar-refractivity contribution in [3.63, 3.8) is 0 Å². The van der Waals surface area contributed by atoms with Crippen LogP contribution < -0.4 is 0 Å². The average Bonchev–Trinajstić information content (AvgIpc) is 2.68. The molecule has 2 saturated carbocycles. The van der Waals surface area contributed by atoms with Gasteiger partial charge in [0.2, 0.25) is 0 Å². The van der Waals surface area contributed by atoms with Gasteiger partial charge in [-0.25, -0.2) is 0 Å². The highest BCUT2D eigenvalue weighted by Gasteiger charge is 2.70. The van der Waals surface area contributed by atoms with Crippen LogP contribution in [0.1, 0.15) is 32.8 Å². The minimum atomic E-state index is -0.374. The quantitative estimate of drug-likeness (QED) is 0.780. The summed E-state index contributed by atoms with van der Waals surface area (Å²) in [5.41, 5.74) is 0.782. The minimum Gasteiger partial charge on any atom is -0.371 e. The predicted octanol–water partition coefficient (Wildman–Crippen LogP) is 3.97. The highest BCUT2D eigenvalue weighted by atomic mass is 79.9. The van der Waals surface area contributed by atoms with Crippen molar-refractivity contribution in [3.8, 4) is 0 Å². The Hall–Kier alpha value is -0.670. The van der Waals surface area contributed by atoms with E-state index in [0.29, 0.717) is 24.7 Å². The Morgan fingerprint density at radius 1 is 1.25 bits per heavy atom. The van der Waals surface area contributed by atoms with Crippen LogP contribution in [0.4, 0.5) is 0 Å². The Bertz CT molecular complexity index is 525. The van der Waals surface area contributed by atoms with Gasteiger partial charge in [0, 0.05) is 11.2 Å². The summed E-state index contributed by atoms with van der Waals surface area (Å²) in [7, 11) is 0. The summed E-state index contributed by atoms with van der Waals surface area (Å²) in [6.45, 7) is 7.08. The zero-order valence-electron chi connectivity index (χ0n) is 12.2. The molecule has 0 radical (unpaired) electrons. The summed E-state index contributed by atoms with van der Waals surface area (Å²) in [6, 6.07) is 10.2. The van der Waals surface area contributed by atoms with Crippen LogP contribution in [0, 0.1) is 16.7 Å². The predicted molar refractivity (Wildman–Crippen MR) is 82.7 cm³/mol. The van der Waals surface area contributed by atoms with Crippen molar-refractivity contribution in [2.24, 2.45) is 16.7 Å². The van der Waals surface area contributed by atoms with Crippen molar-refractivity contribution in [3.05, 3.63) is 35.9 Å². The molecule has 0 unspecified atom stereocenters. The second kappa shape index (κ2) is 4.67. The van der Waals surface area contributed by atoms with Crippen LogP contribution in [0.25, 0.3) is 0 Å². The van der Waals surface area contributed by atoms with Crippen molar-refractivity contribution in [2.45, 2.75) is 44.7 Å². The van der Waals surface area contributed by atoms with E-state index in [4.69, 9.17) is 4.74 Å². The number of Topliss-reactive ketones (excluding diaryl/α,β-unsaturated/α-hetero) is 1. The number of ketones is 1. The summed E-state index contributed by atoms with van der Waals surface area (Å²) in [4.78, 5) is 12.7. The van der Waals surface area contributed by atoms with Crippen LogP contribution in [0.3, 0.4) is 0 Å². The summed E-state index contributed by atoms with van der Waals surface area (Å²) >= 11 is 3.80. The first-order valence-electron chi connectivity index (χ1n) is 7.22. The third-order valence-corrected chi connectivity index (χ3v) is 6.88. The zero-order valence-corrected chi connectivity index (χ0v) is 13.8. The fraction of sp³-hybridized carbons (Fsp3) is 0.588. The van der Waals surface area contributed by atoms with Gasteiger partial charge in [0.15, 0.2) is 0 Å². The van der Waals surface area contributed by atoms with Crippen LogP contribution in [0.5, 0.6) is 0 Å². The van der Waals surface area contributed by atoms with Crippen molar-refractivity contribution in [2.75, 3.05) is 0 Å². The van der Waals surface area contributed by atoms with Gasteiger partial charge in [-0.2, -0.15) is 0 Å². The normalized spacial score (nSPS) is 38.4. The molecule has 2 aliphatic carbocycles. The molecular formula is C17H21BrO2. The maximum absolute atomic E-state index is 12.4. The molecule has 2 nitrogen and oxygen atoms in total. The van der Waals surface area contributed by atoms with E-state index in [1.54, 1.807) is 0 Å². The van der Waals surface area contributed by atoms with Crippen molar-refractivity contribution >= 4 is 21.7 Å². The van der Waals surface area contributed by atoms with Crippen LogP contribution in [-0.4, -0.2) is 16.7 Å². The first-order chi connectivity index (χ1) is 9.39. The molecule has 2 aliphatic rings. The molecule has 20 heavy (non-hydrogen) atoms. The van der Waals surface area contributed by atoms with Crippen molar-refractivity contribution in [1.82, 2.24) is 0 Å². The van der Waals surface area contributed by atoms with Crippen LogP contribution in [0.2, 0.25) is 0 Å². The third kappa shape index (κ3) is 1.75. The lowest BCUT2D eigenvalue weighted by Gasteiger charge is -2.37. The molecule has 0 aliphatic heterocycles. The number of rotatable bonds is 3. The number of carbonyl (C=O) groups is 1. The summed E-state index contributed by atoms with van der Waals surface area (Å²) in [5.74, 6) is 0.738. The van der Waals surface area contributed by atoms with Gasteiger partial charge < -0.3 is 4.74 Å². The van der Waals surface area contributed by atoms with E-state index < -0.39 is 0 Å². The molecule has 2 bridgehead atoms. The Kier molecular flexibility index (Phi) is 3.33. The SMILES string of the molecule is CC1(C)[C@@H]2CC(=O)[C@@]1(C)[C@H](OCc1ccccc1)[C@H]2Br. The average molecular weight is 337 g/mol. The van der Waals surface area contributed by atoms with E-state index in [2.05, 4.69) is 48.8 Å². The number of halogens is 1. The molecule has 0 aromatic heterocycles. The van der Waals surface area contributed by atoms with Gasteiger partial charge in [-0.3, -0.25) is 4.79 Å². The number of carbonyl (C=O) groups excluding carboxylic acids is 1. The van der Waals surface area contributed by atoms with E-state index in [0.717, 1.165) is 5.56 Å². The highest BCUT2D eigenvalue weighted by molar-refractivity contribution is 9.09. The smallest absolute Gasteiger partial charge is 0.142 e. The van der Waals surface area contributed by atoms with E-state index in [9.17, 15) is 4.79 Å². The van der Waals surface area contributed by atoms with Crippen molar-refractivity contribution in [1.29, 1.82) is 0 Å². The molecule has 3 heteroatoms. The molecule has 0 saturated heterocycles. The molecule has 1 aromatic rings. The summed E-state index contributed by atoms with van der Waals surface area (Å²) < 4.78 is 6.18. The maximum atomic E-state index is 12.4. The Labute approximate surface area is 129 Å². The number of alkyl halides is 1. The molecule has 4 atom stereocenters. The standard InChI is InChI=1S/C17H21BrO2/c1-16(2)12-9-13(19)17(16,3)15(14(12)18)20-10-11-7-5-4-6-8-11/h4-8,12,14-15H,9-10H2,1-3H3/t12-,14+,15-,17+/m1/s1. The molecule has 3 rings (SSSR count). The van der Waals surface area contributed by atoms with E-state index in [-0.39, 0.29) is 21.8 Å². The number of benzene rings is 1. The van der Waals surface area contributed by atoms with E-state index in [1.807, 2.05) is 18.2 Å². The summed E-state index contributed by atoms with van der Waals surface area (Å²) in [5, 5.41) is 0. The fourth-order valence-corrected chi connectivity index (χ4v) is 5.52. The van der Waals surface area contributed by atoms with E-state index in [1.165, 1.54) is 0 Å². The van der Waals surface area contributed by atoms with Gasteiger partial charge in [-0.1, -0.05) is 60.1 Å².